The van der Waals surface area contributed by atoms with Crippen LogP contribution in [0.15, 0.2) is 64.2 Å². The zero-order valence-corrected chi connectivity index (χ0v) is 15.4. The number of carbonyl (C=O) groups excluding carboxylic acids is 1. The van der Waals surface area contributed by atoms with Gasteiger partial charge in [-0.05, 0) is 29.8 Å². The second kappa shape index (κ2) is 6.58. The van der Waals surface area contributed by atoms with Crippen LogP contribution >= 0.6 is 27.5 Å². The van der Waals surface area contributed by atoms with Gasteiger partial charge in [-0.2, -0.15) is 5.10 Å². The first-order valence-corrected chi connectivity index (χ1v) is 8.95. The minimum Gasteiger partial charge on any atom is -0.277 e. The largest absolute Gasteiger partial charge is 0.277 e. The summed E-state index contributed by atoms with van der Waals surface area (Å²) in [6, 6.07) is 17.4. The van der Waals surface area contributed by atoms with E-state index in [1.807, 2.05) is 54.6 Å². The SMILES string of the molecule is O=CN1N=C(c2ccc(Br)cc2)C[C@@H]1c1cc2ccccc2nc1Cl. The molecule has 0 saturated carbocycles. The Morgan fingerprint density at radius 1 is 1.16 bits per heavy atom. The van der Waals surface area contributed by atoms with Crippen molar-refractivity contribution in [2.75, 3.05) is 0 Å². The van der Waals surface area contributed by atoms with Crippen molar-refractivity contribution in [3.05, 3.63) is 75.4 Å². The molecule has 124 valence electrons. The summed E-state index contributed by atoms with van der Waals surface area (Å²) < 4.78 is 1.00. The molecule has 0 bridgehead atoms. The van der Waals surface area contributed by atoms with Crippen molar-refractivity contribution in [1.82, 2.24) is 9.99 Å². The molecule has 4 rings (SSSR count). The van der Waals surface area contributed by atoms with Gasteiger partial charge in [0.05, 0.1) is 17.3 Å². The summed E-state index contributed by atoms with van der Waals surface area (Å²) in [5.74, 6) is 0. The number of carbonyl (C=O) groups is 1. The summed E-state index contributed by atoms with van der Waals surface area (Å²) in [5, 5.41) is 7.29. The lowest BCUT2D eigenvalue weighted by molar-refractivity contribution is -0.119. The number of hydrogen-bond acceptors (Lipinski definition) is 3. The van der Waals surface area contributed by atoms with E-state index in [1.54, 1.807) is 0 Å². The quantitative estimate of drug-likeness (QED) is 0.449. The van der Waals surface area contributed by atoms with E-state index in [2.05, 4.69) is 26.0 Å². The van der Waals surface area contributed by atoms with Gasteiger partial charge in [-0.1, -0.05) is 57.9 Å². The molecule has 2 heterocycles. The van der Waals surface area contributed by atoms with Crippen LogP contribution in [0, 0.1) is 0 Å². The molecule has 1 aliphatic heterocycles. The van der Waals surface area contributed by atoms with Gasteiger partial charge in [0.15, 0.2) is 0 Å². The van der Waals surface area contributed by atoms with Crippen LogP contribution in [-0.2, 0) is 4.79 Å². The van der Waals surface area contributed by atoms with Crippen LogP contribution in [0.5, 0.6) is 0 Å². The molecule has 4 nitrogen and oxygen atoms in total. The molecular weight excluding hydrogens is 402 g/mol. The molecule has 3 aromatic rings. The molecule has 1 atom stereocenters. The third-order valence-corrected chi connectivity index (χ3v) is 5.12. The van der Waals surface area contributed by atoms with E-state index in [0.717, 1.165) is 38.6 Å². The lowest BCUT2D eigenvalue weighted by atomic mass is 9.98. The number of amides is 1. The number of pyridine rings is 1. The zero-order chi connectivity index (χ0) is 17.4. The highest BCUT2D eigenvalue weighted by atomic mass is 79.9. The Kier molecular flexibility index (Phi) is 4.27. The summed E-state index contributed by atoms with van der Waals surface area (Å²) in [4.78, 5) is 16.0. The van der Waals surface area contributed by atoms with Gasteiger partial charge in [-0.15, -0.1) is 0 Å². The molecule has 0 N–H and O–H groups in total. The minimum absolute atomic E-state index is 0.249. The molecule has 6 heteroatoms. The van der Waals surface area contributed by atoms with Gasteiger partial charge in [0.2, 0.25) is 6.41 Å². The van der Waals surface area contributed by atoms with E-state index in [4.69, 9.17) is 11.6 Å². The Bertz CT molecular complexity index is 988. The number of fused-ring (bicyclic) bond motifs is 1. The summed E-state index contributed by atoms with van der Waals surface area (Å²) in [7, 11) is 0. The maximum Gasteiger partial charge on any atom is 0.230 e. The molecule has 25 heavy (non-hydrogen) atoms. The highest BCUT2D eigenvalue weighted by Crippen LogP contribution is 2.36. The second-order valence-electron chi connectivity index (χ2n) is 5.82. The standard InChI is InChI=1S/C19H13BrClN3O/c20-14-7-5-12(6-8-14)17-10-18(24(11-25)23-17)15-9-13-3-1-2-4-16(13)22-19(15)21/h1-9,11,18H,10H2/t18-/m1/s1. The van der Waals surface area contributed by atoms with Crippen molar-refractivity contribution in [1.29, 1.82) is 0 Å². The fourth-order valence-electron chi connectivity index (χ4n) is 3.04. The first-order valence-electron chi connectivity index (χ1n) is 7.78. The highest BCUT2D eigenvalue weighted by molar-refractivity contribution is 9.10. The van der Waals surface area contributed by atoms with E-state index in [9.17, 15) is 4.79 Å². The van der Waals surface area contributed by atoms with Crippen molar-refractivity contribution in [2.45, 2.75) is 12.5 Å². The van der Waals surface area contributed by atoms with Crippen molar-refractivity contribution >= 4 is 50.6 Å². The molecule has 0 radical (unpaired) electrons. The topological polar surface area (TPSA) is 45.6 Å². The smallest absolute Gasteiger partial charge is 0.230 e. The molecule has 0 spiro atoms. The van der Waals surface area contributed by atoms with E-state index >= 15 is 0 Å². The van der Waals surface area contributed by atoms with E-state index < -0.39 is 0 Å². The van der Waals surface area contributed by atoms with Crippen LogP contribution in [-0.4, -0.2) is 22.1 Å². The Balaban J connectivity index is 1.73. The molecule has 0 saturated heterocycles. The Labute approximate surface area is 158 Å². The second-order valence-corrected chi connectivity index (χ2v) is 7.09. The van der Waals surface area contributed by atoms with Crippen molar-refractivity contribution in [3.63, 3.8) is 0 Å². The molecule has 0 unspecified atom stereocenters. The van der Waals surface area contributed by atoms with Crippen molar-refractivity contribution in [2.24, 2.45) is 5.10 Å². The van der Waals surface area contributed by atoms with Gasteiger partial charge in [0, 0.05) is 21.8 Å². The predicted octanol–water partition coefficient (Wildman–Crippen LogP) is 4.96. The van der Waals surface area contributed by atoms with Crippen LogP contribution in [0.4, 0.5) is 0 Å². The summed E-state index contributed by atoms with van der Waals surface area (Å²) in [6.07, 6.45) is 1.34. The van der Waals surface area contributed by atoms with Crippen LogP contribution in [0.1, 0.15) is 23.6 Å². The van der Waals surface area contributed by atoms with Crippen LogP contribution in [0.25, 0.3) is 10.9 Å². The lowest BCUT2D eigenvalue weighted by Gasteiger charge is -2.18. The Morgan fingerprint density at radius 3 is 2.68 bits per heavy atom. The third kappa shape index (κ3) is 3.05. The van der Waals surface area contributed by atoms with Gasteiger partial charge in [0.25, 0.3) is 0 Å². The number of nitrogens with zero attached hydrogens (tertiary/aromatic N) is 3. The maximum absolute atomic E-state index is 11.5. The maximum atomic E-state index is 11.5. The number of benzene rings is 2. The summed E-state index contributed by atoms with van der Waals surface area (Å²) in [5.41, 5.74) is 3.49. The zero-order valence-electron chi connectivity index (χ0n) is 13.1. The lowest BCUT2D eigenvalue weighted by Crippen LogP contribution is -2.18. The van der Waals surface area contributed by atoms with Gasteiger partial charge in [-0.25, -0.2) is 9.99 Å². The van der Waals surface area contributed by atoms with Gasteiger partial charge < -0.3 is 0 Å². The van der Waals surface area contributed by atoms with E-state index in [0.29, 0.717) is 11.6 Å². The first kappa shape index (κ1) is 16.2. The molecule has 2 aromatic carbocycles. The van der Waals surface area contributed by atoms with Crippen molar-refractivity contribution < 1.29 is 4.79 Å². The van der Waals surface area contributed by atoms with Crippen LogP contribution < -0.4 is 0 Å². The summed E-state index contributed by atoms with van der Waals surface area (Å²) in [6.45, 7) is 0. The normalized spacial score (nSPS) is 17.0. The number of hydrazone groups is 1. The molecule has 0 aliphatic carbocycles. The summed E-state index contributed by atoms with van der Waals surface area (Å²) >= 11 is 9.84. The Hall–Kier alpha value is -2.24. The molecule has 1 amide bonds. The fraction of sp³-hybridized carbons (Fsp3) is 0.105. The molecular formula is C19H13BrClN3O. The average molecular weight is 415 g/mol. The fourth-order valence-corrected chi connectivity index (χ4v) is 3.57. The molecule has 1 aromatic heterocycles. The van der Waals surface area contributed by atoms with E-state index in [1.165, 1.54) is 5.01 Å². The monoisotopic (exact) mass is 413 g/mol. The van der Waals surface area contributed by atoms with Crippen LogP contribution in [0.3, 0.4) is 0 Å². The third-order valence-electron chi connectivity index (χ3n) is 4.29. The molecule has 0 fully saturated rings. The number of halogens is 2. The minimum atomic E-state index is -0.249. The number of para-hydroxylation sites is 1. The first-order chi connectivity index (χ1) is 12.2. The molecule has 1 aliphatic rings. The average Bonchev–Trinajstić information content (AvgIpc) is 3.06. The van der Waals surface area contributed by atoms with Crippen molar-refractivity contribution in [3.8, 4) is 0 Å². The Morgan fingerprint density at radius 2 is 1.92 bits per heavy atom. The van der Waals surface area contributed by atoms with Crippen LogP contribution in [0.2, 0.25) is 5.15 Å². The van der Waals surface area contributed by atoms with Gasteiger partial charge in [-0.3, -0.25) is 4.79 Å². The van der Waals surface area contributed by atoms with Gasteiger partial charge >= 0.3 is 0 Å². The highest BCUT2D eigenvalue weighted by Gasteiger charge is 2.30. The van der Waals surface area contributed by atoms with E-state index in [-0.39, 0.29) is 6.04 Å². The predicted molar refractivity (Wildman–Crippen MR) is 103 cm³/mol. The van der Waals surface area contributed by atoms with Gasteiger partial charge in [0.1, 0.15) is 5.15 Å². The number of hydrogen-bond donors (Lipinski definition) is 0. The number of aromatic nitrogens is 1. The number of rotatable bonds is 3.